The first-order chi connectivity index (χ1) is 5.20. The molecule has 0 aliphatic heterocycles. The van der Waals surface area contributed by atoms with Gasteiger partial charge in [-0.3, -0.25) is 4.79 Å². The number of ketones is 1. The van der Waals surface area contributed by atoms with E-state index in [-0.39, 0.29) is 11.7 Å². The van der Waals surface area contributed by atoms with E-state index < -0.39 is 0 Å². The van der Waals surface area contributed by atoms with Gasteiger partial charge in [-0.2, -0.15) is 0 Å². The standard InChI is InChI=1S/C10H12O/c1-8-4-3-5-10(7-6-8)9(2)11/h3-7,10H,1-2H3. The van der Waals surface area contributed by atoms with Gasteiger partial charge in [0.05, 0.1) is 5.92 Å². The molecule has 0 heterocycles. The molecule has 1 rings (SSSR count). The van der Waals surface area contributed by atoms with Gasteiger partial charge in [-0.15, -0.1) is 0 Å². The van der Waals surface area contributed by atoms with E-state index in [1.54, 1.807) is 6.92 Å². The fraction of sp³-hybridized carbons (Fsp3) is 0.300. The van der Waals surface area contributed by atoms with Crippen LogP contribution in [-0.2, 0) is 4.79 Å². The van der Waals surface area contributed by atoms with Gasteiger partial charge in [-0.1, -0.05) is 36.0 Å². The average molecular weight is 148 g/mol. The molecule has 0 amide bonds. The smallest absolute Gasteiger partial charge is 0.140 e. The molecule has 0 saturated carbocycles. The molecular weight excluding hydrogens is 136 g/mol. The van der Waals surface area contributed by atoms with Crippen LogP contribution in [-0.4, -0.2) is 5.78 Å². The summed E-state index contributed by atoms with van der Waals surface area (Å²) in [5.41, 5.74) is 1.19. The minimum absolute atomic E-state index is 0.0244. The first kappa shape index (κ1) is 7.99. The van der Waals surface area contributed by atoms with Crippen molar-refractivity contribution < 1.29 is 4.79 Å². The summed E-state index contributed by atoms with van der Waals surface area (Å²) in [6.45, 7) is 3.63. The van der Waals surface area contributed by atoms with Gasteiger partial charge >= 0.3 is 0 Å². The molecule has 1 atom stereocenters. The number of carbonyl (C=O) groups is 1. The van der Waals surface area contributed by atoms with Crippen LogP contribution < -0.4 is 0 Å². The van der Waals surface area contributed by atoms with Gasteiger partial charge < -0.3 is 0 Å². The van der Waals surface area contributed by atoms with Crippen molar-refractivity contribution in [1.29, 1.82) is 0 Å². The molecule has 0 bridgehead atoms. The molecule has 0 aromatic carbocycles. The molecular formula is C10H12O. The van der Waals surface area contributed by atoms with Crippen LogP contribution in [0.5, 0.6) is 0 Å². The molecule has 1 aliphatic rings. The Morgan fingerprint density at radius 1 is 1.45 bits per heavy atom. The van der Waals surface area contributed by atoms with Crippen molar-refractivity contribution in [3.63, 3.8) is 0 Å². The van der Waals surface area contributed by atoms with Crippen molar-refractivity contribution in [2.75, 3.05) is 0 Å². The normalized spacial score (nSPS) is 22.7. The molecule has 1 nitrogen and oxygen atoms in total. The fourth-order valence-corrected chi connectivity index (χ4v) is 0.973. The van der Waals surface area contributed by atoms with Gasteiger partial charge in [0.2, 0.25) is 0 Å². The lowest BCUT2D eigenvalue weighted by Crippen LogP contribution is -2.03. The van der Waals surface area contributed by atoms with E-state index in [4.69, 9.17) is 0 Å². The van der Waals surface area contributed by atoms with E-state index in [2.05, 4.69) is 0 Å². The minimum atomic E-state index is -0.0244. The highest BCUT2D eigenvalue weighted by Crippen LogP contribution is 2.10. The highest BCUT2D eigenvalue weighted by atomic mass is 16.1. The zero-order valence-electron chi connectivity index (χ0n) is 6.87. The molecule has 0 fully saturated rings. The summed E-state index contributed by atoms with van der Waals surface area (Å²) in [5.74, 6) is 0.171. The molecule has 0 saturated heterocycles. The predicted molar refractivity (Wildman–Crippen MR) is 46.2 cm³/mol. The summed E-state index contributed by atoms with van der Waals surface area (Å²) < 4.78 is 0. The van der Waals surface area contributed by atoms with E-state index in [1.165, 1.54) is 5.57 Å². The summed E-state index contributed by atoms with van der Waals surface area (Å²) in [4.78, 5) is 10.9. The van der Waals surface area contributed by atoms with Crippen molar-refractivity contribution in [2.45, 2.75) is 13.8 Å². The van der Waals surface area contributed by atoms with Gasteiger partial charge in [-0.25, -0.2) is 0 Å². The SMILES string of the molecule is CC(=O)C1C=CC=C(C)C=C1. The maximum atomic E-state index is 10.9. The quantitative estimate of drug-likeness (QED) is 0.557. The summed E-state index contributed by atoms with van der Waals surface area (Å²) in [7, 11) is 0. The van der Waals surface area contributed by atoms with E-state index in [1.807, 2.05) is 37.3 Å². The number of rotatable bonds is 1. The third-order valence-corrected chi connectivity index (χ3v) is 1.71. The number of hydrogen-bond acceptors (Lipinski definition) is 1. The lowest BCUT2D eigenvalue weighted by atomic mass is 10.1. The highest BCUT2D eigenvalue weighted by Gasteiger charge is 2.05. The van der Waals surface area contributed by atoms with Crippen LogP contribution in [0.1, 0.15) is 13.8 Å². The molecule has 1 heteroatoms. The van der Waals surface area contributed by atoms with Gasteiger partial charge in [0, 0.05) is 0 Å². The molecule has 1 aliphatic carbocycles. The number of hydrogen-bond donors (Lipinski definition) is 0. The zero-order chi connectivity index (χ0) is 8.27. The maximum Gasteiger partial charge on any atom is 0.140 e. The minimum Gasteiger partial charge on any atom is -0.299 e. The van der Waals surface area contributed by atoms with E-state index in [0.717, 1.165) is 0 Å². The topological polar surface area (TPSA) is 17.1 Å². The van der Waals surface area contributed by atoms with Gasteiger partial charge in [-0.05, 0) is 13.8 Å². The van der Waals surface area contributed by atoms with Crippen molar-refractivity contribution in [3.8, 4) is 0 Å². The van der Waals surface area contributed by atoms with E-state index in [9.17, 15) is 4.79 Å². The third kappa shape index (κ3) is 2.19. The fourth-order valence-electron chi connectivity index (χ4n) is 0.973. The first-order valence-electron chi connectivity index (χ1n) is 3.74. The molecule has 58 valence electrons. The predicted octanol–water partition coefficient (Wildman–Crippen LogP) is 2.26. The highest BCUT2D eigenvalue weighted by molar-refractivity contribution is 5.82. The second-order valence-corrected chi connectivity index (χ2v) is 2.79. The Morgan fingerprint density at radius 2 is 2.18 bits per heavy atom. The van der Waals surface area contributed by atoms with Gasteiger partial charge in [0.1, 0.15) is 5.78 Å². The largest absolute Gasteiger partial charge is 0.299 e. The summed E-state index contributed by atoms with van der Waals surface area (Å²) in [5, 5.41) is 0. The number of Topliss-reactive ketones (excluding diaryl/α,β-unsaturated/α-hetero) is 1. The van der Waals surface area contributed by atoms with Crippen LogP contribution >= 0.6 is 0 Å². The van der Waals surface area contributed by atoms with E-state index in [0.29, 0.717) is 0 Å². The van der Waals surface area contributed by atoms with Crippen molar-refractivity contribution in [3.05, 3.63) is 36.0 Å². The Labute approximate surface area is 67.1 Å². The summed E-state index contributed by atoms with van der Waals surface area (Å²) in [6.07, 6.45) is 9.75. The molecule has 1 unspecified atom stereocenters. The van der Waals surface area contributed by atoms with Crippen molar-refractivity contribution in [2.24, 2.45) is 5.92 Å². The van der Waals surface area contributed by atoms with E-state index >= 15 is 0 Å². The average Bonchev–Trinajstić information content (AvgIpc) is 2.13. The summed E-state index contributed by atoms with van der Waals surface area (Å²) in [6, 6.07) is 0. The Kier molecular flexibility index (Phi) is 2.42. The Balaban J connectivity index is 2.79. The Morgan fingerprint density at radius 3 is 2.82 bits per heavy atom. The van der Waals surface area contributed by atoms with Crippen LogP contribution in [0, 0.1) is 5.92 Å². The molecule has 0 aromatic heterocycles. The van der Waals surface area contributed by atoms with Crippen molar-refractivity contribution >= 4 is 5.78 Å². The molecule has 0 radical (unpaired) electrons. The van der Waals surface area contributed by atoms with Crippen LogP contribution in [0.2, 0.25) is 0 Å². The monoisotopic (exact) mass is 148 g/mol. The van der Waals surface area contributed by atoms with Gasteiger partial charge in [0.25, 0.3) is 0 Å². The molecule has 0 spiro atoms. The second kappa shape index (κ2) is 3.33. The molecule has 0 aromatic rings. The number of carbonyl (C=O) groups excluding carboxylic acids is 1. The van der Waals surface area contributed by atoms with Crippen LogP contribution in [0.15, 0.2) is 36.0 Å². The second-order valence-electron chi connectivity index (χ2n) is 2.79. The maximum absolute atomic E-state index is 10.9. The first-order valence-corrected chi connectivity index (χ1v) is 3.74. The lowest BCUT2D eigenvalue weighted by Gasteiger charge is -1.98. The molecule has 0 N–H and O–H groups in total. The van der Waals surface area contributed by atoms with Crippen molar-refractivity contribution in [1.82, 2.24) is 0 Å². The molecule has 11 heavy (non-hydrogen) atoms. The third-order valence-electron chi connectivity index (χ3n) is 1.71. The van der Waals surface area contributed by atoms with Gasteiger partial charge in [0.15, 0.2) is 0 Å². The van der Waals surface area contributed by atoms with Crippen LogP contribution in [0.25, 0.3) is 0 Å². The van der Waals surface area contributed by atoms with Crippen LogP contribution in [0.3, 0.4) is 0 Å². The zero-order valence-corrected chi connectivity index (χ0v) is 6.87. The van der Waals surface area contributed by atoms with Crippen LogP contribution in [0.4, 0.5) is 0 Å². The number of allylic oxidation sites excluding steroid dienone is 6. The Bertz CT molecular complexity index is 244. The Hall–Kier alpha value is -1.11. The lowest BCUT2D eigenvalue weighted by molar-refractivity contribution is -0.118. The summed E-state index contributed by atoms with van der Waals surface area (Å²) >= 11 is 0.